The van der Waals surface area contributed by atoms with E-state index in [1.54, 1.807) is 25.3 Å². The Morgan fingerprint density at radius 3 is 2.41 bits per heavy atom. The van der Waals surface area contributed by atoms with Crippen LogP contribution in [0.4, 0.5) is 0 Å². The van der Waals surface area contributed by atoms with Crippen LogP contribution >= 0.6 is 15.9 Å². The zero-order chi connectivity index (χ0) is 15.7. The van der Waals surface area contributed by atoms with Crippen molar-refractivity contribution < 1.29 is 23.8 Å². The zero-order valence-corrected chi connectivity index (χ0v) is 13.6. The molecule has 1 aromatic rings. The summed E-state index contributed by atoms with van der Waals surface area (Å²) in [5.74, 6) is -1.68. The maximum Gasteiger partial charge on any atom is 0.348 e. The lowest BCUT2D eigenvalue weighted by Gasteiger charge is -2.32. The predicted octanol–water partition coefficient (Wildman–Crippen LogP) is 3.21. The van der Waals surface area contributed by atoms with Crippen LogP contribution in [0.1, 0.15) is 31.2 Å². The Balaban J connectivity index is 1.91. The van der Waals surface area contributed by atoms with Gasteiger partial charge in [0, 0.05) is 17.3 Å². The number of rotatable bonds is 2. The summed E-state index contributed by atoms with van der Waals surface area (Å²) in [6, 6.07) is 5.28. The highest BCUT2D eigenvalue weighted by atomic mass is 79.9. The predicted molar refractivity (Wildman–Crippen MR) is 82.1 cm³/mol. The zero-order valence-electron chi connectivity index (χ0n) is 12.1. The second-order valence-corrected chi connectivity index (χ2v) is 6.20. The summed E-state index contributed by atoms with van der Waals surface area (Å²) in [6.45, 7) is 0. The molecule has 1 aliphatic carbocycles. The highest BCUT2D eigenvalue weighted by molar-refractivity contribution is 9.10. The van der Waals surface area contributed by atoms with Crippen molar-refractivity contribution in [3.05, 3.63) is 33.8 Å². The van der Waals surface area contributed by atoms with Crippen molar-refractivity contribution in [3.63, 3.8) is 0 Å². The molecular weight excluding hydrogens is 352 g/mol. The quantitative estimate of drug-likeness (QED) is 0.456. The van der Waals surface area contributed by atoms with Gasteiger partial charge in [0.1, 0.15) is 11.3 Å². The third-order valence-corrected chi connectivity index (χ3v) is 4.59. The largest absolute Gasteiger partial charge is 0.497 e. The normalized spacial score (nSPS) is 19.8. The van der Waals surface area contributed by atoms with Crippen LogP contribution in [-0.2, 0) is 19.1 Å². The van der Waals surface area contributed by atoms with Crippen LogP contribution in [0.3, 0.4) is 0 Å². The Bertz CT molecular complexity index is 637. The highest BCUT2D eigenvalue weighted by Crippen LogP contribution is 2.39. The lowest BCUT2D eigenvalue weighted by Crippen LogP contribution is -2.44. The first-order valence-corrected chi connectivity index (χ1v) is 7.84. The van der Waals surface area contributed by atoms with Crippen molar-refractivity contribution >= 4 is 33.9 Å². The Morgan fingerprint density at radius 2 is 1.82 bits per heavy atom. The van der Waals surface area contributed by atoms with Gasteiger partial charge in [0.25, 0.3) is 5.79 Å². The molecule has 0 bridgehead atoms. The van der Waals surface area contributed by atoms with E-state index in [-0.39, 0.29) is 5.57 Å². The number of hydrogen-bond acceptors (Lipinski definition) is 5. The van der Waals surface area contributed by atoms with E-state index in [1.165, 1.54) is 6.08 Å². The smallest absolute Gasteiger partial charge is 0.348 e. The van der Waals surface area contributed by atoms with Gasteiger partial charge in [0.2, 0.25) is 0 Å². The van der Waals surface area contributed by atoms with Crippen LogP contribution in [0, 0.1) is 0 Å². The molecule has 1 spiro atoms. The third-order valence-electron chi connectivity index (χ3n) is 3.87. The van der Waals surface area contributed by atoms with E-state index in [4.69, 9.17) is 14.2 Å². The summed E-state index contributed by atoms with van der Waals surface area (Å²) in [5, 5.41) is 0. The number of hydrogen-bond donors (Lipinski definition) is 0. The Kier molecular flexibility index (Phi) is 3.95. The standard InChI is InChI=1S/C16H15BrO5/c1-20-11-4-5-13(17)10(8-11)9-12-14(18)21-16(22-15(12)19)6-2-3-7-16/h4-5,8-9H,2-3,6-7H2,1H3. The topological polar surface area (TPSA) is 61.8 Å². The fraction of sp³-hybridized carbons (Fsp3) is 0.375. The van der Waals surface area contributed by atoms with Crippen molar-refractivity contribution in [2.45, 2.75) is 31.5 Å². The lowest BCUT2D eigenvalue weighted by atomic mass is 10.1. The molecule has 2 aliphatic rings. The Morgan fingerprint density at radius 1 is 1.18 bits per heavy atom. The molecular formula is C16H15BrO5. The van der Waals surface area contributed by atoms with Crippen LogP contribution in [0.15, 0.2) is 28.2 Å². The number of methoxy groups -OCH3 is 1. The molecule has 0 N–H and O–H groups in total. The molecule has 0 aromatic heterocycles. The van der Waals surface area contributed by atoms with Crippen LogP contribution in [-0.4, -0.2) is 24.8 Å². The molecule has 0 unspecified atom stereocenters. The van der Waals surface area contributed by atoms with E-state index in [9.17, 15) is 9.59 Å². The van der Waals surface area contributed by atoms with Gasteiger partial charge in [0.15, 0.2) is 0 Å². The molecule has 3 rings (SSSR count). The van der Waals surface area contributed by atoms with Crippen molar-refractivity contribution in [2.75, 3.05) is 7.11 Å². The van der Waals surface area contributed by atoms with Gasteiger partial charge in [-0.1, -0.05) is 15.9 Å². The SMILES string of the molecule is COc1ccc(Br)c(C=C2C(=O)OC3(CCCC3)OC2=O)c1. The highest BCUT2D eigenvalue weighted by Gasteiger charge is 2.47. The molecule has 22 heavy (non-hydrogen) atoms. The average molecular weight is 367 g/mol. The monoisotopic (exact) mass is 366 g/mol. The summed E-state index contributed by atoms with van der Waals surface area (Å²) in [4.78, 5) is 24.4. The number of esters is 2. The van der Waals surface area contributed by atoms with Crippen molar-refractivity contribution in [1.82, 2.24) is 0 Å². The molecule has 1 saturated heterocycles. The number of ether oxygens (including phenoxy) is 3. The third kappa shape index (κ3) is 2.75. The minimum atomic E-state index is -1.04. The summed E-state index contributed by atoms with van der Waals surface area (Å²) in [6.07, 6.45) is 4.38. The van der Waals surface area contributed by atoms with E-state index in [1.807, 2.05) is 0 Å². The molecule has 0 atom stereocenters. The second kappa shape index (κ2) is 5.76. The van der Waals surface area contributed by atoms with E-state index in [2.05, 4.69) is 15.9 Å². The van der Waals surface area contributed by atoms with Gasteiger partial charge in [0.05, 0.1) is 7.11 Å². The maximum atomic E-state index is 12.2. The fourth-order valence-corrected chi connectivity index (χ4v) is 3.06. The number of carbonyl (C=O) groups is 2. The summed E-state index contributed by atoms with van der Waals surface area (Å²) < 4.78 is 16.7. The van der Waals surface area contributed by atoms with Gasteiger partial charge in [-0.05, 0) is 42.7 Å². The number of halogens is 1. The van der Waals surface area contributed by atoms with Gasteiger partial charge in [-0.3, -0.25) is 0 Å². The molecule has 1 heterocycles. The van der Waals surface area contributed by atoms with E-state index in [0.29, 0.717) is 24.2 Å². The summed E-state index contributed by atoms with van der Waals surface area (Å²) in [5.41, 5.74) is 0.539. The fourth-order valence-electron chi connectivity index (χ4n) is 2.70. The van der Waals surface area contributed by atoms with Crippen LogP contribution < -0.4 is 4.74 Å². The van der Waals surface area contributed by atoms with Crippen molar-refractivity contribution in [3.8, 4) is 5.75 Å². The average Bonchev–Trinajstić information content (AvgIpc) is 2.92. The van der Waals surface area contributed by atoms with Gasteiger partial charge >= 0.3 is 11.9 Å². The minimum Gasteiger partial charge on any atom is -0.497 e. The van der Waals surface area contributed by atoms with E-state index < -0.39 is 17.7 Å². The van der Waals surface area contributed by atoms with Gasteiger partial charge in [-0.2, -0.15) is 0 Å². The lowest BCUT2D eigenvalue weighted by molar-refractivity contribution is -0.232. The van der Waals surface area contributed by atoms with Crippen LogP contribution in [0.25, 0.3) is 6.08 Å². The van der Waals surface area contributed by atoms with Gasteiger partial charge < -0.3 is 14.2 Å². The molecule has 0 amide bonds. The molecule has 1 saturated carbocycles. The first kappa shape index (κ1) is 15.1. The van der Waals surface area contributed by atoms with Gasteiger partial charge in [-0.15, -0.1) is 0 Å². The minimum absolute atomic E-state index is 0.105. The number of carbonyl (C=O) groups excluding carboxylic acids is 2. The van der Waals surface area contributed by atoms with Crippen molar-refractivity contribution in [1.29, 1.82) is 0 Å². The molecule has 1 aliphatic heterocycles. The molecule has 0 radical (unpaired) electrons. The van der Waals surface area contributed by atoms with Crippen LogP contribution in [0.2, 0.25) is 0 Å². The number of benzene rings is 1. The Hall–Kier alpha value is -1.82. The second-order valence-electron chi connectivity index (χ2n) is 5.34. The van der Waals surface area contributed by atoms with E-state index >= 15 is 0 Å². The molecule has 2 fully saturated rings. The molecule has 5 nitrogen and oxygen atoms in total. The van der Waals surface area contributed by atoms with Crippen LogP contribution in [0.5, 0.6) is 5.75 Å². The molecule has 6 heteroatoms. The summed E-state index contributed by atoms with van der Waals surface area (Å²) >= 11 is 3.38. The van der Waals surface area contributed by atoms with Crippen molar-refractivity contribution in [2.24, 2.45) is 0 Å². The first-order valence-electron chi connectivity index (χ1n) is 7.05. The molecule has 1 aromatic carbocycles. The van der Waals surface area contributed by atoms with Gasteiger partial charge in [-0.25, -0.2) is 9.59 Å². The molecule has 116 valence electrons. The summed E-state index contributed by atoms with van der Waals surface area (Å²) in [7, 11) is 1.55. The first-order chi connectivity index (χ1) is 10.5. The maximum absolute atomic E-state index is 12.2. The Labute approximate surface area is 136 Å². The van der Waals surface area contributed by atoms with E-state index in [0.717, 1.165) is 17.3 Å².